The topological polar surface area (TPSA) is 84.9 Å². The largest absolute Gasteiger partial charge is 0.493 e. The molecule has 0 bridgehead atoms. The number of amides is 1. The highest BCUT2D eigenvalue weighted by atomic mass is 32.2. The number of allylic oxidation sites excluding steroid dienone is 1. The zero-order valence-electron chi connectivity index (χ0n) is 17.8. The van der Waals surface area contributed by atoms with Gasteiger partial charge in [-0.3, -0.25) is 4.79 Å². The normalized spacial score (nSPS) is 15.0. The van der Waals surface area contributed by atoms with Crippen LogP contribution in [0.25, 0.3) is 6.08 Å². The third-order valence-corrected chi connectivity index (χ3v) is 6.87. The van der Waals surface area contributed by atoms with Gasteiger partial charge in [0, 0.05) is 18.8 Å². The number of sulfonamides is 1. The Morgan fingerprint density at radius 2 is 1.87 bits per heavy atom. The van der Waals surface area contributed by atoms with Crippen molar-refractivity contribution in [3.8, 4) is 11.5 Å². The minimum Gasteiger partial charge on any atom is -0.493 e. The first kappa shape index (κ1) is 22.8. The predicted molar refractivity (Wildman–Crippen MR) is 121 cm³/mol. The van der Waals surface area contributed by atoms with E-state index in [4.69, 9.17) is 9.47 Å². The van der Waals surface area contributed by atoms with Crippen LogP contribution in [0, 0.1) is 0 Å². The first-order valence-corrected chi connectivity index (χ1v) is 11.7. The molecule has 8 heteroatoms. The van der Waals surface area contributed by atoms with E-state index in [-0.39, 0.29) is 11.5 Å². The molecule has 1 fully saturated rings. The van der Waals surface area contributed by atoms with Crippen LogP contribution in [-0.4, -0.2) is 45.4 Å². The van der Waals surface area contributed by atoms with Crippen molar-refractivity contribution in [2.75, 3.05) is 32.1 Å². The Labute approximate surface area is 183 Å². The Hall–Kier alpha value is -2.84. The average molecular weight is 445 g/mol. The number of piperidine rings is 1. The Kier molecular flexibility index (Phi) is 7.70. The summed E-state index contributed by atoms with van der Waals surface area (Å²) < 4.78 is 38.1. The van der Waals surface area contributed by atoms with Gasteiger partial charge in [-0.1, -0.05) is 30.7 Å². The molecule has 0 radical (unpaired) electrons. The number of hydrogen-bond acceptors (Lipinski definition) is 5. The summed E-state index contributed by atoms with van der Waals surface area (Å²) in [6.45, 7) is 2.75. The number of nitrogens with zero attached hydrogens (tertiary/aromatic N) is 1. The molecule has 0 aromatic heterocycles. The number of hydrogen-bond donors (Lipinski definition) is 1. The lowest BCUT2D eigenvalue weighted by Crippen LogP contribution is -2.35. The van der Waals surface area contributed by atoms with Gasteiger partial charge in [0.2, 0.25) is 10.0 Å². The molecule has 1 saturated heterocycles. The smallest absolute Gasteiger partial charge is 0.262 e. The Bertz CT molecular complexity index is 1040. The van der Waals surface area contributed by atoms with Crippen molar-refractivity contribution in [2.24, 2.45) is 0 Å². The van der Waals surface area contributed by atoms with Crippen LogP contribution in [0.3, 0.4) is 0 Å². The highest BCUT2D eigenvalue weighted by molar-refractivity contribution is 7.89. The van der Waals surface area contributed by atoms with Crippen molar-refractivity contribution in [3.63, 3.8) is 0 Å². The van der Waals surface area contributed by atoms with Crippen LogP contribution in [0.1, 0.15) is 31.7 Å². The maximum absolute atomic E-state index is 12.9. The molecular weight excluding hydrogens is 416 g/mol. The number of ether oxygens (including phenoxy) is 2. The molecule has 1 aliphatic rings. The van der Waals surface area contributed by atoms with Gasteiger partial charge >= 0.3 is 0 Å². The summed E-state index contributed by atoms with van der Waals surface area (Å²) in [5.74, 6) is 0.581. The summed E-state index contributed by atoms with van der Waals surface area (Å²) in [4.78, 5) is 12.5. The molecule has 2 aromatic rings. The van der Waals surface area contributed by atoms with Gasteiger partial charge in [-0.15, -0.1) is 0 Å². The molecule has 0 spiro atoms. The van der Waals surface area contributed by atoms with E-state index in [1.54, 1.807) is 24.3 Å². The van der Waals surface area contributed by atoms with Crippen LogP contribution in [0.2, 0.25) is 0 Å². The minimum atomic E-state index is -3.56. The molecule has 166 valence electrons. The maximum atomic E-state index is 12.9. The molecule has 31 heavy (non-hydrogen) atoms. The van der Waals surface area contributed by atoms with Gasteiger partial charge in [0.1, 0.15) is 0 Å². The molecular formula is C23H28N2O5S. The fourth-order valence-electron chi connectivity index (χ4n) is 3.43. The average Bonchev–Trinajstić information content (AvgIpc) is 2.79. The number of carbonyl (C=O) groups is 1. The van der Waals surface area contributed by atoms with Gasteiger partial charge in [0.05, 0.1) is 12.0 Å². The van der Waals surface area contributed by atoms with Crippen molar-refractivity contribution in [1.82, 2.24) is 4.31 Å². The van der Waals surface area contributed by atoms with Crippen LogP contribution in [-0.2, 0) is 14.8 Å². The fraction of sp³-hybridized carbons (Fsp3) is 0.348. The summed E-state index contributed by atoms with van der Waals surface area (Å²) in [6.07, 6.45) is 6.63. The van der Waals surface area contributed by atoms with Crippen LogP contribution < -0.4 is 14.8 Å². The van der Waals surface area contributed by atoms with Crippen LogP contribution in [0.5, 0.6) is 11.5 Å². The lowest BCUT2D eigenvalue weighted by atomic mass is 10.2. The molecule has 1 heterocycles. The van der Waals surface area contributed by atoms with Crippen molar-refractivity contribution < 1.29 is 22.7 Å². The monoisotopic (exact) mass is 444 g/mol. The quantitative estimate of drug-likeness (QED) is 0.667. The van der Waals surface area contributed by atoms with Gasteiger partial charge in [-0.25, -0.2) is 8.42 Å². The number of benzene rings is 2. The molecule has 0 saturated carbocycles. The van der Waals surface area contributed by atoms with Gasteiger partial charge < -0.3 is 14.8 Å². The molecule has 7 nitrogen and oxygen atoms in total. The predicted octanol–water partition coefficient (Wildman–Crippen LogP) is 3.92. The van der Waals surface area contributed by atoms with Crippen molar-refractivity contribution in [3.05, 3.63) is 54.1 Å². The molecule has 0 unspecified atom stereocenters. The maximum Gasteiger partial charge on any atom is 0.262 e. The molecule has 1 aliphatic heterocycles. The molecule has 3 rings (SSSR count). The third kappa shape index (κ3) is 5.86. The second kappa shape index (κ2) is 10.5. The standard InChI is InChI=1S/C23H28N2O5S/c1-3-8-18-11-12-21(22(15-18)29-2)30-17-23(26)24-19-9-7-10-20(16-19)31(27,28)25-13-5-4-6-14-25/h3,7-12,15-16H,4-6,13-14,17H2,1-2H3,(H,24,26)/b8-3+. The second-order valence-corrected chi connectivity index (χ2v) is 9.18. The van der Waals surface area contributed by atoms with E-state index in [0.29, 0.717) is 30.3 Å². The number of carbonyl (C=O) groups excluding carboxylic acids is 1. The van der Waals surface area contributed by atoms with Crippen LogP contribution >= 0.6 is 0 Å². The summed E-state index contributed by atoms with van der Waals surface area (Å²) in [5, 5.41) is 2.70. The Morgan fingerprint density at radius 3 is 2.58 bits per heavy atom. The van der Waals surface area contributed by atoms with E-state index in [9.17, 15) is 13.2 Å². The lowest BCUT2D eigenvalue weighted by Gasteiger charge is -2.26. The highest BCUT2D eigenvalue weighted by Gasteiger charge is 2.26. The minimum absolute atomic E-state index is 0.175. The summed E-state index contributed by atoms with van der Waals surface area (Å²) in [6, 6.07) is 11.7. The van der Waals surface area contributed by atoms with Crippen molar-refractivity contribution in [2.45, 2.75) is 31.1 Å². The number of methoxy groups -OCH3 is 1. The SMILES string of the molecule is C/C=C/c1ccc(OCC(=O)Nc2cccc(S(=O)(=O)N3CCCCC3)c2)c(OC)c1. The zero-order valence-corrected chi connectivity index (χ0v) is 18.7. The fourth-order valence-corrected chi connectivity index (χ4v) is 4.99. The van der Waals surface area contributed by atoms with Crippen molar-refractivity contribution >= 4 is 27.7 Å². The molecule has 1 N–H and O–H groups in total. The van der Waals surface area contributed by atoms with E-state index >= 15 is 0 Å². The van der Waals surface area contributed by atoms with Gasteiger partial charge in [0.25, 0.3) is 5.91 Å². The number of rotatable bonds is 8. The first-order chi connectivity index (χ1) is 14.9. The van der Waals surface area contributed by atoms with Crippen LogP contribution in [0.4, 0.5) is 5.69 Å². The second-order valence-electron chi connectivity index (χ2n) is 7.24. The van der Waals surface area contributed by atoms with E-state index < -0.39 is 15.9 Å². The van der Waals surface area contributed by atoms with E-state index in [2.05, 4.69) is 5.32 Å². The summed E-state index contributed by atoms with van der Waals surface area (Å²) >= 11 is 0. The molecule has 1 amide bonds. The summed E-state index contributed by atoms with van der Waals surface area (Å²) in [7, 11) is -2.03. The lowest BCUT2D eigenvalue weighted by molar-refractivity contribution is -0.118. The van der Waals surface area contributed by atoms with Gasteiger partial charge in [-0.05, 0) is 55.7 Å². The van der Waals surface area contributed by atoms with Crippen LogP contribution in [0.15, 0.2) is 53.4 Å². The summed E-state index contributed by atoms with van der Waals surface area (Å²) in [5.41, 5.74) is 1.37. The van der Waals surface area contributed by atoms with Gasteiger partial charge in [0.15, 0.2) is 18.1 Å². The van der Waals surface area contributed by atoms with Crippen molar-refractivity contribution in [1.29, 1.82) is 0 Å². The Balaban J connectivity index is 1.64. The first-order valence-electron chi connectivity index (χ1n) is 10.3. The van der Waals surface area contributed by atoms with E-state index in [0.717, 1.165) is 24.8 Å². The molecule has 0 atom stereocenters. The third-order valence-electron chi connectivity index (χ3n) is 4.98. The Morgan fingerprint density at radius 1 is 1.10 bits per heavy atom. The number of anilines is 1. The van der Waals surface area contributed by atoms with E-state index in [1.807, 2.05) is 31.2 Å². The highest BCUT2D eigenvalue weighted by Crippen LogP contribution is 2.28. The molecule has 2 aromatic carbocycles. The number of nitrogens with one attached hydrogen (secondary N) is 1. The zero-order chi connectivity index (χ0) is 22.3. The van der Waals surface area contributed by atoms with Gasteiger partial charge in [-0.2, -0.15) is 4.31 Å². The molecule has 0 aliphatic carbocycles. The van der Waals surface area contributed by atoms with E-state index in [1.165, 1.54) is 17.5 Å².